The second-order valence-electron chi connectivity index (χ2n) is 5.93. The lowest BCUT2D eigenvalue weighted by Gasteiger charge is -2.39. The molecule has 1 heterocycles. The van der Waals surface area contributed by atoms with Crippen LogP contribution in [0, 0.1) is 5.41 Å². The van der Waals surface area contributed by atoms with Crippen molar-refractivity contribution in [3.63, 3.8) is 0 Å². The van der Waals surface area contributed by atoms with Crippen LogP contribution in [-0.4, -0.2) is 61.9 Å². The number of piperidine rings is 1. The van der Waals surface area contributed by atoms with Gasteiger partial charge >= 0.3 is 0 Å². The van der Waals surface area contributed by atoms with Crippen molar-refractivity contribution in [1.29, 1.82) is 0 Å². The van der Waals surface area contributed by atoms with Crippen molar-refractivity contribution in [3.05, 3.63) is 0 Å². The van der Waals surface area contributed by atoms with E-state index < -0.39 is 0 Å². The van der Waals surface area contributed by atoms with Crippen molar-refractivity contribution < 1.29 is 9.59 Å². The van der Waals surface area contributed by atoms with Gasteiger partial charge in [0.05, 0.1) is 12.0 Å². The minimum atomic E-state index is -0.319. The van der Waals surface area contributed by atoms with Crippen molar-refractivity contribution in [2.75, 3.05) is 40.3 Å². The highest BCUT2D eigenvalue weighted by atomic mass is 16.2. The van der Waals surface area contributed by atoms with Crippen molar-refractivity contribution in [1.82, 2.24) is 15.1 Å². The van der Waals surface area contributed by atoms with E-state index in [0.29, 0.717) is 6.54 Å². The summed E-state index contributed by atoms with van der Waals surface area (Å²) in [5.74, 6) is 0.131. The zero-order valence-electron chi connectivity index (χ0n) is 13.4. The van der Waals surface area contributed by atoms with E-state index in [1.165, 1.54) is 0 Å². The van der Waals surface area contributed by atoms with Gasteiger partial charge in [-0.05, 0) is 32.2 Å². The number of nitrogens with zero attached hydrogens (tertiary/aromatic N) is 2. The molecule has 5 nitrogen and oxygen atoms in total. The summed E-state index contributed by atoms with van der Waals surface area (Å²) in [5.41, 5.74) is -0.319. The molecule has 116 valence electrons. The molecule has 0 aliphatic carbocycles. The van der Waals surface area contributed by atoms with Crippen molar-refractivity contribution in [2.45, 2.75) is 39.5 Å². The molecule has 0 aromatic carbocycles. The largest absolute Gasteiger partial charge is 0.347 e. The average Bonchev–Trinajstić information content (AvgIpc) is 2.46. The molecule has 1 aliphatic rings. The van der Waals surface area contributed by atoms with E-state index >= 15 is 0 Å². The summed E-state index contributed by atoms with van der Waals surface area (Å²) in [4.78, 5) is 28.1. The first-order valence-corrected chi connectivity index (χ1v) is 7.67. The molecule has 5 heteroatoms. The van der Waals surface area contributed by atoms with Crippen LogP contribution in [0.2, 0.25) is 0 Å². The number of nitrogens with one attached hydrogen (secondary N) is 1. The quantitative estimate of drug-likeness (QED) is 0.794. The minimum absolute atomic E-state index is 0.0122. The molecule has 1 aliphatic heterocycles. The van der Waals surface area contributed by atoms with Gasteiger partial charge in [0.15, 0.2) is 0 Å². The lowest BCUT2D eigenvalue weighted by Crippen LogP contribution is -2.53. The predicted molar refractivity (Wildman–Crippen MR) is 80.4 cm³/mol. The van der Waals surface area contributed by atoms with Gasteiger partial charge in [0, 0.05) is 27.2 Å². The number of hydrogen-bond donors (Lipinski definition) is 1. The van der Waals surface area contributed by atoms with E-state index in [1.807, 2.05) is 6.92 Å². The highest BCUT2D eigenvalue weighted by Crippen LogP contribution is 2.32. The summed E-state index contributed by atoms with van der Waals surface area (Å²) in [6.45, 7) is 6.68. The predicted octanol–water partition coefficient (Wildman–Crippen LogP) is 1.09. The van der Waals surface area contributed by atoms with Gasteiger partial charge in [-0.2, -0.15) is 0 Å². The molecule has 20 heavy (non-hydrogen) atoms. The summed E-state index contributed by atoms with van der Waals surface area (Å²) in [6, 6.07) is 0. The Morgan fingerprint density at radius 1 is 1.25 bits per heavy atom. The number of carbonyl (C=O) groups excluding carboxylic acids is 2. The fraction of sp³-hybridized carbons (Fsp3) is 0.867. The molecule has 1 fully saturated rings. The first-order valence-electron chi connectivity index (χ1n) is 7.67. The molecule has 1 unspecified atom stereocenters. The monoisotopic (exact) mass is 283 g/mol. The van der Waals surface area contributed by atoms with Gasteiger partial charge in [-0.3, -0.25) is 9.59 Å². The van der Waals surface area contributed by atoms with Crippen LogP contribution in [0.4, 0.5) is 0 Å². The first-order chi connectivity index (χ1) is 9.46. The normalized spacial score (nSPS) is 22.4. The van der Waals surface area contributed by atoms with Crippen LogP contribution in [0.5, 0.6) is 0 Å². The molecule has 1 rings (SSSR count). The second-order valence-corrected chi connectivity index (χ2v) is 5.93. The molecular formula is C15H29N3O2. The van der Waals surface area contributed by atoms with Gasteiger partial charge < -0.3 is 15.1 Å². The number of rotatable bonds is 6. The van der Waals surface area contributed by atoms with E-state index in [4.69, 9.17) is 0 Å². The van der Waals surface area contributed by atoms with Crippen LogP contribution in [0.1, 0.15) is 39.5 Å². The van der Waals surface area contributed by atoms with Gasteiger partial charge in [0.2, 0.25) is 11.8 Å². The molecule has 0 spiro atoms. The third kappa shape index (κ3) is 3.95. The summed E-state index contributed by atoms with van der Waals surface area (Å²) < 4.78 is 0. The minimum Gasteiger partial charge on any atom is -0.347 e. The van der Waals surface area contributed by atoms with Gasteiger partial charge in [0.1, 0.15) is 0 Å². The van der Waals surface area contributed by atoms with Gasteiger partial charge in [-0.15, -0.1) is 0 Å². The first kappa shape index (κ1) is 17.0. The SMILES string of the molecule is CCCN(CC(=O)N(C)C)C(=O)C1(CC)CCCNC1. The lowest BCUT2D eigenvalue weighted by molar-refractivity contribution is -0.148. The number of amides is 2. The molecule has 2 amide bonds. The average molecular weight is 283 g/mol. The molecule has 1 saturated heterocycles. The van der Waals surface area contributed by atoms with E-state index in [1.54, 1.807) is 23.9 Å². The Morgan fingerprint density at radius 3 is 2.40 bits per heavy atom. The van der Waals surface area contributed by atoms with E-state index in [9.17, 15) is 9.59 Å². The third-order valence-corrected chi connectivity index (χ3v) is 4.21. The Balaban J connectivity index is 2.83. The Bertz CT molecular complexity index is 336. The number of hydrogen-bond acceptors (Lipinski definition) is 3. The Hall–Kier alpha value is -1.10. The van der Waals surface area contributed by atoms with Gasteiger partial charge in [0.25, 0.3) is 0 Å². The fourth-order valence-electron chi connectivity index (χ4n) is 2.77. The Kier molecular flexibility index (Phi) is 6.46. The van der Waals surface area contributed by atoms with Gasteiger partial charge in [-0.25, -0.2) is 0 Å². The molecule has 0 aromatic heterocycles. The topological polar surface area (TPSA) is 52.7 Å². The van der Waals surface area contributed by atoms with Crippen LogP contribution >= 0.6 is 0 Å². The van der Waals surface area contributed by atoms with Crippen LogP contribution < -0.4 is 5.32 Å². The van der Waals surface area contributed by atoms with Crippen molar-refractivity contribution in [2.24, 2.45) is 5.41 Å². The highest BCUT2D eigenvalue weighted by molar-refractivity contribution is 5.88. The van der Waals surface area contributed by atoms with Gasteiger partial charge in [-0.1, -0.05) is 13.8 Å². The Morgan fingerprint density at radius 2 is 1.95 bits per heavy atom. The maximum atomic E-state index is 12.9. The molecule has 0 saturated carbocycles. The maximum Gasteiger partial charge on any atom is 0.241 e. The van der Waals surface area contributed by atoms with Crippen molar-refractivity contribution >= 4 is 11.8 Å². The highest BCUT2D eigenvalue weighted by Gasteiger charge is 2.40. The molecule has 0 bridgehead atoms. The van der Waals surface area contributed by atoms with Crippen LogP contribution in [0.3, 0.4) is 0 Å². The molecule has 1 atom stereocenters. The number of carbonyl (C=O) groups is 2. The van der Waals surface area contributed by atoms with Crippen LogP contribution in [0.15, 0.2) is 0 Å². The van der Waals surface area contributed by atoms with E-state index in [-0.39, 0.29) is 23.8 Å². The summed E-state index contributed by atoms with van der Waals surface area (Å²) >= 11 is 0. The zero-order chi connectivity index (χ0) is 15.2. The summed E-state index contributed by atoms with van der Waals surface area (Å²) in [5, 5.41) is 3.34. The molecule has 0 radical (unpaired) electrons. The fourth-order valence-corrected chi connectivity index (χ4v) is 2.77. The standard InChI is InChI=1S/C15H29N3O2/c1-5-10-18(11-13(19)17(3)4)14(20)15(6-2)8-7-9-16-12-15/h16H,5-12H2,1-4H3. The second kappa shape index (κ2) is 7.62. The van der Waals surface area contributed by atoms with E-state index in [0.717, 1.165) is 38.8 Å². The van der Waals surface area contributed by atoms with Crippen LogP contribution in [0.25, 0.3) is 0 Å². The smallest absolute Gasteiger partial charge is 0.241 e. The molecule has 0 aromatic rings. The Labute approximate surface area is 122 Å². The lowest BCUT2D eigenvalue weighted by atomic mass is 9.77. The molecular weight excluding hydrogens is 254 g/mol. The summed E-state index contributed by atoms with van der Waals surface area (Å²) in [7, 11) is 3.46. The van der Waals surface area contributed by atoms with E-state index in [2.05, 4.69) is 12.2 Å². The number of likely N-dealkylation sites (N-methyl/N-ethyl adjacent to an activating group) is 1. The zero-order valence-corrected chi connectivity index (χ0v) is 13.4. The third-order valence-electron chi connectivity index (χ3n) is 4.21. The summed E-state index contributed by atoms with van der Waals surface area (Å²) in [6.07, 6.45) is 3.65. The molecule has 1 N–H and O–H groups in total. The van der Waals surface area contributed by atoms with Crippen LogP contribution in [-0.2, 0) is 9.59 Å². The maximum absolute atomic E-state index is 12.9. The van der Waals surface area contributed by atoms with Crippen molar-refractivity contribution in [3.8, 4) is 0 Å².